The van der Waals surface area contributed by atoms with Gasteiger partial charge in [0, 0.05) is 0 Å². The Morgan fingerprint density at radius 1 is 0.905 bits per heavy atom. The van der Waals surface area contributed by atoms with Gasteiger partial charge in [0.2, 0.25) is 0 Å². The van der Waals surface area contributed by atoms with Crippen LogP contribution in [0.15, 0.2) is 12.1 Å². The van der Waals surface area contributed by atoms with Crippen molar-refractivity contribution in [2.24, 2.45) is 0 Å². The van der Waals surface area contributed by atoms with Crippen LogP contribution in [0.5, 0.6) is 11.5 Å². The highest BCUT2D eigenvalue weighted by atomic mass is 16.3. The molecule has 0 saturated carbocycles. The highest BCUT2D eigenvalue weighted by Crippen LogP contribution is 2.30. The van der Waals surface area contributed by atoms with Crippen LogP contribution in [0.25, 0.3) is 0 Å². The normalized spacial score (nSPS) is 15.0. The summed E-state index contributed by atoms with van der Waals surface area (Å²) in [5, 5.41) is 39.6. The van der Waals surface area contributed by atoms with E-state index in [0.717, 1.165) is 6.42 Å². The van der Waals surface area contributed by atoms with E-state index in [4.69, 9.17) is 0 Å². The van der Waals surface area contributed by atoms with Gasteiger partial charge in [-0.3, -0.25) is 0 Å². The number of hydrogen-bond donors (Lipinski definition) is 4. The molecule has 21 heavy (non-hydrogen) atoms. The standard InChI is InChI=1S/C17H28O4/c1-12-10-15(19)13(11-14(12)18)6-9-17(4,21)8-5-7-16(2,3)20/h10-11,18-21H,5-9H2,1-4H3. The fraction of sp³-hybridized carbons (Fsp3) is 0.647. The summed E-state index contributed by atoms with van der Waals surface area (Å²) in [6.45, 7) is 7.01. The van der Waals surface area contributed by atoms with E-state index < -0.39 is 11.2 Å². The third-order valence-electron chi connectivity index (χ3n) is 3.83. The molecule has 0 spiro atoms. The second-order valence-corrected chi connectivity index (χ2v) is 6.93. The Labute approximate surface area is 127 Å². The van der Waals surface area contributed by atoms with Gasteiger partial charge in [0.25, 0.3) is 0 Å². The predicted octanol–water partition coefficient (Wildman–Crippen LogP) is 3.03. The first kappa shape index (κ1) is 17.8. The van der Waals surface area contributed by atoms with Crippen molar-refractivity contribution in [2.75, 3.05) is 0 Å². The van der Waals surface area contributed by atoms with Crippen molar-refractivity contribution >= 4 is 0 Å². The van der Waals surface area contributed by atoms with E-state index in [0.29, 0.717) is 36.8 Å². The molecule has 1 rings (SSSR count). The van der Waals surface area contributed by atoms with Gasteiger partial charge >= 0.3 is 0 Å². The van der Waals surface area contributed by atoms with Crippen LogP contribution >= 0.6 is 0 Å². The van der Waals surface area contributed by atoms with E-state index in [9.17, 15) is 20.4 Å². The van der Waals surface area contributed by atoms with Crippen molar-refractivity contribution in [1.82, 2.24) is 0 Å². The van der Waals surface area contributed by atoms with Gasteiger partial charge in [-0.15, -0.1) is 0 Å². The summed E-state index contributed by atoms with van der Waals surface area (Å²) >= 11 is 0. The molecule has 0 heterocycles. The quantitative estimate of drug-likeness (QED) is 0.583. The zero-order valence-corrected chi connectivity index (χ0v) is 13.5. The molecule has 120 valence electrons. The molecule has 0 bridgehead atoms. The Morgan fingerprint density at radius 3 is 2.10 bits per heavy atom. The van der Waals surface area contributed by atoms with E-state index in [1.807, 2.05) is 0 Å². The molecule has 1 aromatic carbocycles. The molecule has 1 unspecified atom stereocenters. The largest absolute Gasteiger partial charge is 0.508 e. The third kappa shape index (κ3) is 6.36. The lowest BCUT2D eigenvalue weighted by Crippen LogP contribution is -2.26. The van der Waals surface area contributed by atoms with Crippen LogP contribution < -0.4 is 0 Å². The number of hydrogen-bond acceptors (Lipinski definition) is 4. The maximum absolute atomic E-state index is 10.4. The van der Waals surface area contributed by atoms with Gasteiger partial charge in [0.1, 0.15) is 11.5 Å². The monoisotopic (exact) mass is 296 g/mol. The molecule has 4 N–H and O–H groups in total. The average molecular weight is 296 g/mol. The fourth-order valence-electron chi connectivity index (χ4n) is 2.36. The molecule has 1 aromatic rings. The van der Waals surface area contributed by atoms with Gasteiger partial charge in [-0.25, -0.2) is 0 Å². The smallest absolute Gasteiger partial charge is 0.119 e. The van der Waals surface area contributed by atoms with Crippen molar-refractivity contribution in [1.29, 1.82) is 0 Å². The van der Waals surface area contributed by atoms with Crippen molar-refractivity contribution < 1.29 is 20.4 Å². The molecule has 0 aliphatic carbocycles. The molecule has 4 nitrogen and oxygen atoms in total. The van der Waals surface area contributed by atoms with E-state index in [1.54, 1.807) is 33.8 Å². The van der Waals surface area contributed by atoms with Gasteiger partial charge in [0.15, 0.2) is 0 Å². The van der Waals surface area contributed by atoms with Crippen molar-refractivity contribution in [2.45, 2.75) is 71.0 Å². The lowest BCUT2D eigenvalue weighted by atomic mass is 9.89. The van der Waals surface area contributed by atoms with Crippen LogP contribution in [-0.4, -0.2) is 31.6 Å². The summed E-state index contributed by atoms with van der Waals surface area (Å²) in [6.07, 6.45) is 2.96. The van der Waals surface area contributed by atoms with Gasteiger partial charge < -0.3 is 20.4 Å². The predicted molar refractivity (Wildman–Crippen MR) is 83.6 cm³/mol. The van der Waals surface area contributed by atoms with Crippen LogP contribution in [0.3, 0.4) is 0 Å². The Balaban J connectivity index is 2.55. The van der Waals surface area contributed by atoms with E-state index >= 15 is 0 Å². The van der Waals surface area contributed by atoms with Crippen molar-refractivity contribution in [3.63, 3.8) is 0 Å². The molecule has 0 aliphatic heterocycles. The summed E-state index contributed by atoms with van der Waals surface area (Å²) in [7, 11) is 0. The first-order valence-electron chi connectivity index (χ1n) is 7.46. The first-order chi connectivity index (χ1) is 9.50. The molecule has 0 aliphatic rings. The number of rotatable bonds is 7. The van der Waals surface area contributed by atoms with Gasteiger partial charge in [-0.2, -0.15) is 0 Å². The van der Waals surface area contributed by atoms with E-state index in [1.165, 1.54) is 6.07 Å². The SMILES string of the molecule is Cc1cc(O)c(CCC(C)(O)CCCC(C)(C)O)cc1O. The van der Waals surface area contributed by atoms with E-state index in [-0.39, 0.29) is 11.5 Å². The van der Waals surface area contributed by atoms with Gasteiger partial charge in [0.05, 0.1) is 11.2 Å². The molecule has 0 fully saturated rings. The second-order valence-electron chi connectivity index (χ2n) is 6.93. The minimum atomic E-state index is -0.849. The van der Waals surface area contributed by atoms with Crippen LogP contribution in [0, 0.1) is 6.92 Å². The molecular weight excluding hydrogens is 268 g/mol. The minimum absolute atomic E-state index is 0.151. The summed E-state index contributed by atoms with van der Waals surface area (Å²) in [6, 6.07) is 3.09. The summed E-state index contributed by atoms with van der Waals surface area (Å²) in [5.41, 5.74) is -0.288. The molecule has 4 heteroatoms. The number of aliphatic hydroxyl groups is 2. The number of aryl methyl sites for hydroxylation is 2. The molecule has 0 amide bonds. The Kier molecular flexibility index (Phi) is 5.65. The molecule has 0 aromatic heterocycles. The fourth-order valence-corrected chi connectivity index (χ4v) is 2.36. The van der Waals surface area contributed by atoms with Crippen LogP contribution in [-0.2, 0) is 6.42 Å². The van der Waals surface area contributed by atoms with Crippen LogP contribution in [0.4, 0.5) is 0 Å². The second kappa shape index (κ2) is 6.67. The number of phenolic OH excluding ortho intramolecular Hbond substituents is 2. The van der Waals surface area contributed by atoms with Crippen LogP contribution in [0.1, 0.15) is 57.6 Å². The first-order valence-corrected chi connectivity index (χ1v) is 7.46. The Hall–Kier alpha value is -1.26. The molecule has 1 atom stereocenters. The highest BCUT2D eigenvalue weighted by Gasteiger charge is 2.22. The maximum atomic E-state index is 10.4. The lowest BCUT2D eigenvalue weighted by molar-refractivity contribution is 0.0240. The van der Waals surface area contributed by atoms with Crippen molar-refractivity contribution in [3.05, 3.63) is 23.3 Å². The topological polar surface area (TPSA) is 80.9 Å². The van der Waals surface area contributed by atoms with Crippen LogP contribution in [0.2, 0.25) is 0 Å². The molecule has 0 radical (unpaired) electrons. The van der Waals surface area contributed by atoms with Gasteiger partial charge in [-0.1, -0.05) is 0 Å². The highest BCUT2D eigenvalue weighted by molar-refractivity contribution is 5.44. The third-order valence-corrected chi connectivity index (χ3v) is 3.83. The zero-order valence-electron chi connectivity index (χ0n) is 13.5. The summed E-state index contributed by atoms with van der Waals surface area (Å²) in [4.78, 5) is 0. The number of benzene rings is 1. The maximum Gasteiger partial charge on any atom is 0.119 e. The summed E-state index contributed by atoms with van der Waals surface area (Å²) < 4.78 is 0. The lowest BCUT2D eigenvalue weighted by Gasteiger charge is -2.25. The molecule has 0 saturated heterocycles. The Bertz CT molecular complexity index is 472. The minimum Gasteiger partial charge on any atom is -0.508 e. The number of phenols is 2. The number of aromatic hydroxyl groups is 2. The zero-order chi connectivity index (χ0) is 16.3. The van der Waals surface area contributed by atoms with E-state index in [2.05, 4.69) is 0 Å². The molecular formula is C17H28O4. The van der Waals surface area contributed by atoms with Gasteiger partial charge in [-0.05, 0) is 83.1 Å². The summed E-state index contributed by atoms with van der Waals surface area (Å²) in [5.74, 6) is 0.307. The Morgan fingerprint density at radius 2 is 1.52 bits per heavy atom. The average Bonchev–Trinajstić information content (AvgIpc) is 2.30. The van der Waals surface area contributed by atoms with Crippen molar-refractivity contribution in [3.8, 4) is 11.5 Å².